The van der Waals surface area contributed by atoms with E-state index in [4.69, 9.17) is 4.74 Å². The maximum atomic E-state index is 5.54. The van der Waals surface area contributed by atoms with E-state index >= 15 is 0 Å². The van der Waals surface area contributed by atoms with Crippen molar-refractivity contribution in [1.29, 1.82) is 0 Å². The number of aliphatic imine (C=N–C) groups is 1. The number of morpholine rings is 1. The van der Waals surface area contributed by atoms with Gasteiger partial charge in [-0.25, -0.2) is 9.98 Å². The van der Waals surface area contributed by atoms with Gasteiger partial charge < -0.3 is 15.4 Å². The van der Waals surface area contributed by atoms with Gasteiger partial charge in [0.2, 0.25) is 0 Å². The largest absolute Gasteiger partial charge is 0.379 e. The van der Waals surface area contributed by atoms with E-state index < -0.39 is 0 Å². The van der Waals surface area contributed by atoms with E-state index in [1.54, 1.807) is 11.0 Å². The third-order valence-corrected chi connectivity index (χ3v) is 5.11. The average molecular weight is 366 g/mol. The fourth-order valence-electron chi connectivity index (χ4n) is 3.49. The van der Waals surface area contributed by atoms with Crippen molar-refractivity contribution in [3.8, 4) is 0 Å². The van der Waals surface area contributed by atoms with E-state index in [1.165, 1.54) is 12.8 Å². The lowest BCUT2D eigenvalue weighted by Gasteiger charge is -2.39. The Morgan fingerprint density at radius 2 is 1.96 bits per heavy atom. The lowest BCUT2D eigenvalue weighted by molar-refractivity contribution is 0.00272. The summed E-state index contributed by atoms with van der Waals surface area (Å²) in [5, 5.41) is 11.0. The molecule has 0 bridgehead atoms. The van der Waals surface area contributed by atoms with E-state index in [2.05, 4.69) is 51.4 Å². The number of ether oxygens (including phenoxy) is 1. The fourth-order valence-corrected chi connectivity index (χ4v) is 3.49. The van der Waals surface area contributed by atoms with Crippen molar-refractivity contribution in [3.63, 3.8) is 0 Å². The molecule has 2 N–H and O–H groups in total. The summed E-state index contributed by atoms with van der Waals surface area (Å²) in [5.41, 5.74) is 0. The molecular formula is C18H35N7O. The maximum absolute atomic E-state index is 5.54. The molecule has 1 aliphatic heterocycles. The Bertz CT molecular complexity index is 535. The van der Waals surface area contributed by atoms with Gasteiger partial charge in [0.25, 0.3) is 0 Å². The van der Waals surface area contributed by atoms with Gasteiger partial charge in [0, 0.05) is 39.3 Å². The Kier molecular flexibility index (Phi) is 8.84. The molecule has 2 rings (SSSR count). The topological polar surface area (TPSA) is 79.6 Å². The number of nitrogens with zero attached hydrogens (tertiary/aromatic N) is 5. The summed E-state index contributed by atoms with van der Waals surface area (Å²) in [5.74, 6) is 2.36. The molecule has 0 saturated carbocycles. The lowest BCUT2D eigenvalue weighted by atomic mass is 9.92. The molecule has 26 heavy (non-hydrogen) atoms. The van der Waals surface area contributed by atoms with E-state index in [1.807, 2.05) is 7.05 Å². The predicted molar refractivity (Wildman–Crippen MR) is 104 cm³/mol. The molecule has 1 fully saturated rings. The van der Waals surface area contributed by atoms with Crippen LogP contribution >= 0.6 is 0 Å². The van der Waals surface area contributed by atoms with Crippen LogP contribution in [0.15, 0.2) is 11.3 Å². The van der Waals surface area contributed by atoms with Crippen LogP contribution in [0.3, 0.4) is 0 Å². The summed E-state index contributed by atoms with van der Waals surface area (Å²) in [6.07, 6.45) is 3.94. The number of guanidine groups is 1. The SMILES string of the molecule is CCNC(=NCc1ncnn1C)NCC(C(CC)CC)N1CCOCC1. The molecule has 1 aromatic rings. The monoisotopic (exact) mass is 365 g/mol. The highest BCUT2D eigenvalue weighted by Gasteiger charge is 2.27. The van der Waals surface area contributed by atoms with Crippen LogP contribution in [-0.4, -0.2) is 71.1 Å². The van der Waals surface area contributed by atoms with Crippen molar-refractivity contribution in [2.75, 3.05) is 39.4 Å². The molecule has 1 aromatic heterocycles. The van der Waals surface area contributed by atoms with Gasteiger partial charge in [-0.3, -0.25) is 9.58 Å². The molecule has 0 aromatic carbocycles. The van der Waals surface area contributed by atoms with Gasteiger partial charge in [0.15, 0.2) is 5.96 Å². The molecule has 8 nitrogen and oxygen atoms in total. The normalized spacial score (nSPS) is 17.5. The second-order valence-electron chi connectivity index (χ2n) is 6.67. The summed E-state index contributed by atoms with van der Waals surface area (Å²) in [7, 11) is 1.89. The molecule has 1 saturated heterocycles. The predicted octanol–water partition coefficient (Wildman–Crippen LogP) is 1.01. The second kappa shape index (κ2) is 11.1. The van der Waals surface area contributed by atoms with Gasteiger partial charge in [-0.15, -0.1) is 0 Å². The van der Waals surface area contributed by atoms with Crippen LogP contribution in [-0.2, 0) is 18.3 Å². The van der Waals surface area contributed by atoms with Gasteiger partial charge in [0.1, 0.15) is 18.7 Å². The minimum atomic E-state index is 0.493. The van der Waals surface area contributed by atoms with Gasteiger partial charge in [-0.05, 0) is 12.8 Å². The average Bonchev–Trinajstić information content (AvgIpc) is 3.08. The number of hydrogen-bond donors (Lipinski definition) is 2. The van der Waals surface area contributed by atoms with Crippen LogP contribution in [0.4, 0.5) is 0 Å². The van der Waals surface area contributed by atoms with Crippen LogP contribution in [0.2, 0.25) is 0 Å². The zero-order valence-electron chi connectivity index (χ0n) is 16.7. The molecule has 0 amide bonds. The molecule has 1 atom stereocenters. The van der Waals surface area contributed by atoms with E-state index in [9.17, 15) is 0 Å². The summed E-state index contributed by atoms with van der Waals surface area (Å²) in [6.45, 7) is 12.6. The number of hydrogen-bond acceptors (Lipinski definition) is 5. The molecule has 1 unspecified atom stereocenters. The van der Waals surface area contributed by atoms with Crippen molar-refractivity contribution in [2.45, 2.75) is 46.2 Å². The van der Waals surface area contributed by atoms with Crippen LogP contribution in [0.25, 0.3) is 0 Å². The zero-order chi connectivity index (χ0) is 18.8. The molecular weight excluding hydrogens is 330 g/mol. The fraction of sp³-hybridized carbons (Fsp3) is 0.833. The molecule has 2 heterocycles. The van der Waals surface area contributed by atoms with Crippen molar-refractivity contribution < 1.29 is 4.74 Å². The zero-order valence-corrected chi connectivity index (χ0v) is 16.7. The van der Waals surface area contributed by atoms with Gasteiger partial charge in [0.05, 0.1) is 13.2 Å². The van der Waals surface area contributed by atoms with E-state index in [0.717, 1.165) is 51.2 Å². The first-order chi connectivity index (χ1) is 12.7. The molecule has 8 heteroatoms. The highest BCUT2D eigenvalue weighted by Crippen LogP contribution is 2.19. The third kappa shape index (κ3) is 5.95. The van der Waals surface area contributed by atoms with Crippen LogP contribution < -0.4 is 10.6 Å². The van der Waals surface area contributed by atoms with Crippen molar-refractivity contribution in [3.05, 3.63) is 12.2 Å². The smallest absolute Gasteiger partial charge is 0.191 e. The van der Waals surface area contributed by atoms with Gasteiger partial charge in [-0.2, -0.15) is 5.10 Å². The standard InChI is InChI=1S/C18H35N7O/c1-5-15(6-2)16(25-8-10-26-11-9-25)12-20-18(19-7-3)21-13-17-22-14-23-24(17)4/h14-16H,5-13H2,1-4H3,(H2,19,20,21). The van der Waals surface area contributed by atoms with Crippen molar-refractivity contribution >= 4 is 5.96 Å². The van der Waals surface area contributed by atoms with E-state index in [0.29, 0.717) is 18.5 Å². The van der Waals surface area contributed by atoms with E-state index in [-0.39, 0.29) is 0 Å². The first-order valence-electron chi connectivity index (χ1n) is 9.86. The number of aryl methyl sites for hydroxylation is 1. The Hall–Kier alpha value is -1.67. The molecule has 148 valence electrons. The quantitative estimate of drug-likeness (QED) is 0.502. The first kappa shape index (κ1) is 20.6. The molecule has 1 aliphatic rings. The van der Waals surface area contributed by atoms with Crippen LogP contribution in [0.5, 0.6) is 0 Å². The van der Waals surface area contributed by atoms with Gasteiger partial charge in [-0.1, -0.05) is 26.7 Å². The van der Waals surface area contributed by atoms with Crippen molar-refractivity contribution in [1.82, 2.24) is 30.3 Å². The Morgan fingerprint density at radius 1 is 1.23 bits per heavy atom. The Labute approximate surface area is 157 Å². The lowest BCUT2D eigenvalue weighted by Crippen LogP contribution is -2.53. The van der Waals surface area contributed by atoms with Crippen LogP contribution in [0, 0.1) is 5.92 Å². The Morgan fingerprint density at radius 3 is 2.54 bits per heavy atom. The molecule has 0 spiro atoms. The summed E-state index contributed by atoms with van der Waals surface area (Å²) >= 11 is 0. The minimum absolute atomic E-state index is 0.493. The third-order valence-electron chi connectivity index (χ3n) is 5.11. The second-order valence-corrected chi connectivity index (χ2v) is 6.67. The number of nitrogens with one attached hydrogen (secondary N) is 2. The van der Waals surface area contributed by atoms with Gasteiger partial charge >= 0.3 is 0 Å². The highest BCUT2D eigenvalue weighted by molar-refractivity contribution is 5.79. The molecule has 0 radical (unpaired) electrons. The molecule has 0 aliphatic carbocycles. The summed E-state index contributed by atoms with van der Waals surface area (Å²) < 4.78 is 7.30. The maximum Gasteiger partial charge on any atom is 0.191 e. The summed E-state index contributed by atoms with van der Waals surface area (Å²) in [6, 6.07) is 0.493. The number of rotatable bonds is 9. The summed E-state index contributed by atoms with van der Waals surface area (Å²) in [4.78, 5) is 11.5. The van der Waals surface area contributed by atoms with Crippen molar-refractivity contribution in [2.24, 2.45) is 18.0 Å². The number of aromatic nitrogens is 3. The highest BCUT2D eigenvalue weighted by atomic mass is 16.5. The first-order valence-corrected chi connectivity index (χ1v) is 9.86. The minimum Gasteiger partial charge on any atom is -0.379 e. The Balaban J connectivity index is 2.00. The van der Waals surface area contributed by atoms with Crippen LogP contribution in [0.1, 0.15) is 39.4 Å².